The van der Waals surface area contributed by atoms with E-state index < -0.39 is 58.0 Å². The van der Waals surface area contributed by atoms with Gasteiger partial charge in [-0.05, 0) is 93.7 Å². The molecule has 0 spiro atoms. The number of hydrogen-bond donors (Lipinski definition) is 5. The fraction of sp³-hybridized carbons (Fsp3) is 0.424. The maximum absolute atomic E-state index is 14.1. The maximum atomic E-state index is 14.1. The molecule has 1 amide bonds. The Kier molecular flexibility index (Phi) is 7.30. The van der Waals surface area contributed by atoms with Gasteiger partial charge in [0, 0.05) is 23.6 Å². The van der Waals surface area contributed by atoms with Gasteiger partial charge in [-0.2, -0.15) is 0 Å². The van der Waals surface area contributed by atoms with Crippen molar-refractivity contribution in [1.29, 1.82) is 0 Å². The summed E-state index contributed by atoms with van der Waals surface area (Å²) in [6.07, 6.45) is 2.54. The van der Waals surface area contributed by atoms with Gasteiger partial charge in [0.25, 0.3) is 5.91 Å². The van der Waals surface area contributed by atoms with Crippen molar-refractivity contribution in [3.8, 4) is 22.6 Å². The molecular formula is C33H37N3O8. The number of fused-ring (bicyclic) bond motifs is 3. The smallest absolute Gasteiger partial charge is 0.255 e. The average Bonchev–Trinajstić information content (AvgIpc) is 3.48. The van der Waals surface area contributed by atoms with Crippen molar-refractivity contribution >= 4 is 23.2 Å². The summed E-state index contributed by atoms with van der Waals surface area (Å²) in [4.78, 5) is 43.5. The van der Waals surface area contributed by atoms with Crippen LogP contribution in [0, 0.1) is 11.8 Å². The van der Waals surface area contributed by atoms with Crippen LogP contribution < -0.4 is 10.5 Å². The predicted octanol–water partition coefficient (Wildman–Crippen LogP) is 2.24. The lowest BCUT2D eigenvalue weighted by Crippen LogP contribution is -2.65. The van der Waals surface area contributed by atoms with Crippen LogP contribution in [0.1, 0.15) is 36.0 Å². The average molecular weight is 604 g/mol. The maximum Gasteiger partial charge on any atom is 0.255 e. The van der Waals surface area contributed by atoms with E-state index in [2.05, 4.69) is 4.90 Å². The minimum Gasteiger partial charge on any atom is -0.508 e. The molecule has 1 saturated heterocycles. The molecule has 0 bridgehead atoms. The fourth-order valence-electron chi connectivity index (χ4n) is 7.76. The molecule has 6 rings (SSSR count). The molecule has 3 aliphatic carbocycles. The number of phenols is 1. The number of nitrogens with zero attached hydrogens (tertiary/aromatic N) is 2. The number of aromatic hydroxyl groups is 1. The first kappa shape index (κ1) is 29.9. The Balaban J connectivity index is 1.51. The number of amides is 1. The molecule has 44 heavy (non-hydrogen) atoms. The minimum atomic E-state index is -2.68. The highest BCUT2D eigenvalue weighted by molar-refractivity contribution is 6.24. The van der Waals surface area contributed by atoms with Crippen LogP contribution in [-0.4, -0.2) is 93.6 Å². The minimum absolute atomic E-state index is 0.0208. The van der Waals surface area contributed by atoms with Crippen molar-refractivity contribution in [2.45, 2.75) is 43.9 Å². The van der Waals surface area contributed by atoms with E-state index in [-0.39, 0.29) is 29.7 Å². The van der Waals surface area contributed by atoms with Gasteiger partial charge in [-0.3, -0.25) is 24.2 Å². The highest BCUT2D eigenvalue weighted by atomic mass is 16.5. The van der Waals surface area contributed by atoms with Crippen LogP contribution in [0.25, 0.3) is 16.9 Å². The zero-order valence-electron chi connectivity index (χ0n) is 25.0. The van der Waals surface area contributed by atoms with Gasteiger partial charge in [0.1, 0.15) is 28.6 Å². The molecule has 1 aliphatic heterocycles. The summed E-state index contributed by atoms with van der Waals surface area (Å²) < 4.78 is 5.72. The quantitative estimate of drug-likeness (QED) is 0.308. The van der Waals surface area contributed by atoms with Crippen LogP contribution in [-0.2, 0) is 27.3 Å². The van der Waals surface area contributed by atoms with E-state index in [0.29, 0.717) is 16.9 Å². The van der Waals surface area contributed by atoms with Crippen molar-refractivity contribution in [2.75, 3.05) is 34.3 Å². The van der Waals surface area contributed by atoms with Crippen molar-refractivity contribution in [3.63, 3.8) is 0 Å². The highest BCUT2D eigenvalue weighted by Gasteiger charge is 2.64. The number of methoxy groups -OCH3 is 1. The van der Waals surface area contributed by atoms with E-state index in [1.54, 1.807) is 27.3 Å². The molecule has 6 N–H and O–H groups in total. The number of primary amides is 1. The van der Waals surface area contributed by atoms with Crippen molar-refractivity contribution in [2.24, 2.45) is 17.6 Å². The molecule has 11 heteroatoms. The number of rotatable bonds is 6. The number of ether oxygens (including phenoxy) is 1. The van der Waals surface area contributed by atoms with E-state index in [1.807, 2.05) is 18.2 Å². The van der Waals surface area contributed by atoms with Crippen LogP contribution in [0.2, 0.25) is 0 Å². The van der Waals surface area contributed by atoms with E-state index >= 15 is 0 Å². The van der Waals surface area contributed by atoms with E-state index in [4.69, 9.17) is 10.5 Å². The highest BCUT2D eigenvalue weighted by Crippen LogP contribution is 2.54. The normalized spacial score (nSPS) is 27.0. The van der Waals surface area contributed by atoms with Crippen molar-refractivity contribution < 1.29 is 39.5 Å². The van der Waals surface area contributed by atoms with Gasteiger partial charge in [0.15, 0.2) is 11.4 Å². The second-order valence-electron chi connectivity index (χ2n) is 12.5. The fourth-order valence-corrected chi connectivity index (χ4v) is 7.76. The summed E-state index contributed by atoms with van der Waals surface area (Å²) in [6, 6.07) is 8.01. The zero-order valence-corrected chi connectivity index (χ0v) is 25.0. The lowest BCUT2D eigenvalue weighted by Gasteiger charge is -2.50. The number of aliphatic hydroxyl groups excluding tert-OH is 2. The Hall–Kier alpha value is -4.19. The summed E-state index contributed by atoms with van der Waals surface area (Å²) in [5.41, 5.74) is 4.91. The Morgan fingerprint density at radius 3 is 2.43 bits per heavy atom. The van der Waals surface area contributed by atoms with Crippen LogP contribution in [0.15, 0.2) is 47.2 Å². The Labute approximate surface area is 254 Å². The number of carbonyl (C=O) groups excluding carboxylic acids is 3. The number of ketones is 2. The Bertz CT molecular complexity index is 1650. The molecule has 2 fully saturated rings. The topological polar surface area (TPSA) is 174 Å². The molecule has 1 heterocycles. The molecule has 4 aliphatic rings. The van der Waals surface area contributed by atoms with Gasteiger partial charge in [0.05, 0.1) is 18.7 Å². The van der Waals surface area contributed by atoms with Gasteiger partial charge >= 0.3 is 0 Å². The Morgan fingerprint density at radius 2 is 1.80 bits per heavy atom. The van der Waals surface area contributed by atoms with Crippen LogP contribution in [0.5, 0.6) is 11.5 Å². The van der Waals surface area contributed by atoms with Crippen LogP contribution >= 0.6 is 0 Å². The standard InChI is InChI=1S/C33H37N3O8/c1-35(2)27-21-14-17-13-20-18(19-12-16(6-9-23(19)44-3)15-36-10-4-5-11-36)7-8-22(37)25(20)28(38)24(17)30(40)33(21,43)31(41)26(29(27)39)32(34)42/h6-9,12,17,21,27,37-38,41,43H,4-5,10-11,13-15H2,1-3H3,(H2,34,42)/t17-,21-,27?,33-/m0/s1. The van der Waals surface area contributed by atoms with E-state index in [1.165, 1.54) is 11.0 Å². The van der Waals surface area contributed by atoms with Gasteiger partial charge in [-0.25, -0.2) is 0 Å². The molecule has 232 valence electrons. The molecule has 2 aromatic rings. The number of phenolic OH excluding ortho intramolecular Hbond substituents is 1. The zero-order chi connectivity index (χ0) is 31.7. The number of aliphatic hydroxyl groups is 3. The first-order chi connectivity index (χ1) is 20.9. The molecule has 0 aromatic heterocycles. The predicted molar refractivity (Wildman–Crippen MR) is 161 cm³/mol. The lowest BCUT2D eigenvalue weighted by atomic mass is 9.57. The largest absolute Gasteiger partial charge is 0.508 e. The number of carbonyl (C=O) groups is 3. The number of hydrogen-bond acceptors (Lipinski definition) is 10. The second-order valence-corrected chi connectivity index (χ2v) is 12.5. The van der Waals surface area contributed by atoms with Gasteiger partial charge in [-0.1, -0.05) is 12.1 Å². The number of benzene rings is 2. The first-order valence-electron chi connectivity index (χ1n) is 14.8. The first-order valence-corrected chi connectivity index (χ1v) is 14.8. The summed E-state index contributed by atoms with van der Waals surface area (Å²) >= 11 is 0. The van der Waals surface area contributed by atoms with E-state index in [9.17, 15) is 34.8 Å². The summed E-state index contributed by atoms with van der Waals surface area (Å²) in [6.45, 7) is 2.83. The van der Waals surface area contributed by atoms with Gasteiger partial charge < -0.3 is 30.9 Å². The summed E-state index contributed by atoms with van der Waals surface area (Å²) in [7, 11) is 4.72. The number of likely N-dealkylation sites (N-methyl/N-ethyl adjacent to an activating group) is 1. The van der Waals surface area contributed by atoms with E-state index in [0.717, 1.165) is 43.6 Å². The number of likely N-dealkylation sites (tertiary alicyclic amines) is 1. The number of Topliss-reactive ketones (excluding diaryl/α,β-unsaturated/α-hetero) is 2. The number of nitrogens with two attached hydrogens (primary N) is 1. The monoisotopic (exact) mass is 603 g/mol. The van der Waals surface area contributed by atoms with Gasteiger partial charge in [-0.15, -0.1) is 0 Å². The molecule has 11 nitrogen and oxygen atoms in total. The lowest BCUT2D eigenvalue weighted by molar-refractivity contribution is -0.153. The molecule has 4 atom stereocenters. The summed E-state index contributed by atoms with van der Waals surface area (Å²) in [5.74, 6) is -6.18. The third kappa shape index (κ3) is 4.33. The van der Waals surface area contributed by atoms with Gasteiger partial charge in [0.2, 0.25) is 5.78 Å². The third-order valence-electron chi connectivity index (χ3n) is 9.76. The molecule has 1 saturated carbocycles. The molecule has 1 unspecified atom stereocenters. The molecular weight excluding hydrogens is 566 g/mol. The van der Waals surface area contributed by atoms with Crippen LogP contribution in [0.3, 0.4) is 0 Å². The molecule has 0 radical (unpaired) electrons. The van der Waals surface area contributed by atoms with Crippen molar-refractivity contribution in [3.05, 3.63) is 63.9 Å². The Morgan fingerprint density at radius 1 is 1.09 bits per heavy atom. The molecule has 2 aromatic carbocycles. The third-order valence-corrected chi connectivity index (χ3v) is 9.76. The van der Waals surface area contributed by atoms with Crippen LogP contribution in [0.4, 0.5) is 0 Å². The SMILES string of the molecule is COc1ccc(CN2CCCC2)cc1-c1ccc(O)c2c1C[C@H]1C[C@H]3C(N(C)C)C(=O)C(C(N)=O)=C(O)[C@@]3(O)C(=O)C1=C2O. The summed E-state index contributed by atoms with van der Waals surface area (Å²) in [5, 5.41) is 45.5. The van der Waals surface area contributed by atoms with Crippen molar-refractivity contribution in [1.82, 2.24) is 9.80 Å². The second kappa shape index (κ2) is 10.8.